The number of allylic oxidation sites excluding steroid dienone is 1. The van der Waals surface area contributed by atoms with E-state index in [1.807, 2.05) is 0 Å². The highest BCUT2D eigenvalue weighted by Gasteiger charge is 2.41. The van der Waals surface area contributed by atoms with Gasteiger partial charge in [0.15, 0.2) is 0 Å². The zero-order chi connectivity index (χ0) is 14.0. The second-order valence-corrected chi connectivity index (χ2v) is 7.65. The molecule has 0 radical (unpaired) electrons. The van der Waals surface area contributed by atoms with Gasteiger partial charge in [0.25, 0.3) is 0 Å². The Labute approximate surface area is 125 Å². The molecule has 1 heterocycles. The molecule has 2 aliphatic carbocycles. The van der Waals surface area contributed by atoms with Gasteiger partial charge in [-0.3, -0.25) is 4.90 Å². The maximum atomic E-state index is 3.93. The number of rotatable bonds is 4. The lowest BCUT2D eigenvalue weighted by Gasteiger charge is -2.48. The van der Waals surface area contributed by atoms with Gasteiger partial charge < -0.3 is 5.32 Å². The first-order valence-electron chi connectivity index (χ1n) is 8.86. The van der Waals surface area contributed by atoms with Crippen LogP contribution in [0.2, 0.25) is 0 Å². The van der Waals surface area contributed by atoms with E-state index in [4.69, 9.17) is 0 Å². The predicted molar refractivity (Wildman–Crippen MR) is 86.0 cm³/mol. The normalized spacial score (nSPS) is 30.4. The summed E-state index contributed by atoms with van der Waals surface area (Å²) >= 11 is 0. The Morgan fingerprint density at radius 2 is 2.10 bits per heavy atom. The summed E-state index contributed by atoms with van der Waals surface area (Å²) in [6.45, 7) is 8.57. The fourth-order valence-corrected chi connectivity index (χ4v) is 4.55. The van der Waals surface area contributed by atoms with Gasteiger partial charge in [-0.1, -0.05) is 38.3 Å². The zero-order valence-corrected chi connectivity index (χ0v) is 13.5. The van der Waals surface area contributed by atoms with E-state index in [0.29, 0.717) is 5.54 Å². The molecule has 1 N–H and O–H groups in total. The lowest BCUT2D eigenvalue weighted by atomic mass is 9.88. The molecule has 1 saturated heterocycles. The molecule has 1 saturated carbocycles. The summed E-state index contributed by atoms with van der Waals surface area (Å²) < 4.78 is 0. The second-order valence-electron chi connectivity index (χ2n) is 7.65. The highest BCUT2D eigenvalue weighted by molar-refractivity contribution is 5.09. The largest absolute Gasteiger partial charge is 0.308 e. The van der Waals surface area contributed by atoms with Crippen molar-refractivity contribution in [2.24, 2.45) is 5.92 Å². The van der Waals surface area contributed by atoms with Gasteiger partial charge in [-0.05, 0) is 44.4 Å². The first kappa shape index (κ1) is 14.6. The van der Waals surface area contributed by atoms with Crippen molar-refractivity contribution in [2.45, 2.75) is 76.8 Å². The molecular weight excluding hydrogens is 244 g/mol. The van der Waals surface area contributed by atoms with Crippen molar-refractivity contribution in [2.75, 3.05) is 19.6 Å². The molecule has 0 aromatic heterocycles. The molecule has 0 aromatic carbocycles. The first-order valence-corrected chi connectivity index (χ1v) is 8.86. The SMILES string of the molecule is CC(C)C1CNC2(CCCC2)CN1CCC1=CCCC1. The number of piperazine rings is 1. The van der Waals surface area contributed by atoms with E-state index in [1.54, 1.807) is 5.57 Å². The van der Waals surface area contributed by atoms with E-state index in [9.17, 15) is 0 Å². The lowest BCUT2D eigenvalue weighted by molar-refractivity contribution is 0.0579. The van der Waals surface area contributed by atoms with E-state index >= 15 is 0 Å². The molecule has 1 atom stereocenters. The zero-order valence-electron chi connectivity index (χ0n) is 13.5. The van der Waals surface area contributed by atoms with E-state index in [0.717, 1.165) is 12.0 Å². The van der Waals surface area contributed by atoms with Crippen LogP contribution in [0.1, 0.15) is 65.2 Å². The van der Waals surface area contributed by atoms with Gasteiger partial charge in [0.1, 0.15) is 0 Å². The molecule has 0 amide bonds. The standard InChI is InChI=1S/C18H32N2/c1-15(2)17-13-19-18(10-5-6-11-18)14-20(17)12-9-16-7-3-4-8-16/h7,15,17,19H,3-6,8-14H2,1-2H3. The van der Waals surface area contributed by atoms with Crippen LogP contribution >= 0.6 is 0 Å². The Morgan fingerprint density at radius 3 is 2.75 bits per heavy atom. The summed E-state index contributed by atoms with van der Waals surface area (Å²) in [6.07, 6.45) is 13.6. The molecular formula is C18H32N2. The average molecular weight is 276 g/mol. The summed E-state index contributed by atoms with van der Waals surface area (Å²) in [5, 5.41) is 3.93. The van der Waals surface area contributed by atoms with Crippen LogP contribution in [0, 0.1) is 5.92 Å². The first-order chi connectivity index (χ1) is 9.69. The Hall–Kier alpha value is -0.340. The predicted octanol–water partition coefficient (Wildman–Crippen LogP) is 3.73. The number of hydrogen-bond acceptors (Lipinski definition) is 2. The monoisotopic (exact) mass is 276 g/mol. The highest BCUT2D eigenvalue weighted by Crippen LogP contribution is 2.34. The third kappa shape index (κ3) is 3.12. The van der Waals surface area contributed by atoms with Crippen molar-refractivity contribution in [1.29, 1.82) is 0 Å². The van der Waals surface area contributed by atoms with Crippen LogP contribution in [0.5, 0.6) is 0 Å². The van der Waals surface area contributed by atoms with Gasteiger partial charge in [0, 0.05) is 31.2 Å². The van der Waals surface area contributed by atoms with Crippen molar-refractivity contribution in [3.05, 3.63) is 11.6 Å². The summed E-state index contributed by atoms with van der Waals surface area (Å²) in [5.41, 5.74) is 2.20. The third-order valence-electron chi connectivity index (χ3n) is 5.85. The van der Waals surface area contributed by atoms with Crippen LogP contribution in [0.25, 0.3) is 0 Å². The van der Waals surface area contributed by atoms with Gasteiger partial charge in [-0.25, -0.2) is 0 Å². The van der Waals surface area contributed by atoms with Crippen molar-refractivity contribution < 1.29 is 0 Å². The van der Waals surface area contributed by atoms with Crippen LogP contribution in [0.3, 0.4) is 0 Å². The van der Waals surface area contributed by atoms with Crippen molar-refractivity contribution in [3.63, 3.8) is 0 Å². The molecule has 0 bridgehead atoms. The summed E-state index contributed by atoms with van der Waals surface area (Å²) in [6, 6.07) is 0.739. The maximum absolute atomic E-state index is 3.93. The molecule has 1 aliphatic heterocycles. The van der Waals surface area contributed by atoms with E-state index in [2.05, 4.69) is 30.1 Å². The second kappa shape index (κ2) is 6.19. The van der Waals surface area contributed by atoms with Crippen molar-refractivity contribution >= 4 is 0 Å². The van der Waals surface area contributed by atoms with E-state index in [-0.39, 0.29) is 0 Å². The summed E-state index contributed by atoms with van der Waals surface area (Å²) in [7, 11) is 0. The van der Waals surface area contributed by atoms with Crippen LogP contribution in [-0.4, -0.2) is 36.1 Å². The quantitative estimate of drug-likeness (QED) is 0.787. The molecule has 20 heavy (non-hydrogen) atoms. The van der Waals surface area contributed by atoms with Crippen molar-refractivity contribution in [3.8, 4) is 0 Å². The van der Waals surface area contributed by atoms with Crippen LogP contribution in [0.15, 0.2) is 11.6 Å². The molecule has 2 heteroatoms. The minimum Gasteiger partial charge on any atom is -0.308 e. The topological polar surface area (TPSA) is 15.3 Å². The Kier molecular flexibility index (Phi) is 4.52. The molecule has 0 aromatic rings. The van der Waals surface area contributed by atoms with E-state index in [1.165, 1.54) is 71.0 Å². The van der Waals surface area contributed by atoms with Crippen LogP contribution < -0.4 is 5.32 Å². The van der Waals surface area contributed by atoms with Crippen LogP contribution in [-0.2, 0) is 0 Å². The Bertz CT molecular complexity index is 352. The minimum atomic E-state index is 0.468. The molecule has 114 valence electrons. The van der Waals surface area contributed by atoms with Crippen LogP contribution in [0.4, 0.5) is 0 Å². The third-order valence-corrected chi connectivity index (χ3v) is 5.85. The fourth-order valence-electron chi connectivity index (χ4n) is 4.55. The van der Waals surface area contributed by atoms with Gasteiger partial charge in [0.05, 0.1) is 0 Å². The maximum Gasteiger partial charge on any atom is 0.0309 e. The summed E-state index contributed by atoms with van der Waals surface area (Å²) in [4.78, 5) is 2.83. The molecule has 1 spiro atoms. The summed E-state index contributed by atoms with van der Waals surface area (Å²) in [5.74, 6) is 0.763. The van der Waals surface area contributed by atoms with Crippen molar-refractivity contribution in [1.82, 2.24) is 10.2 Å². The van der Waals surface area contributed by atoms with E-state index < -0.39 is 0 Å². The Balaban J connectivity index is 1.62. The van der Waals surface area contributed by atoms with Gasteiger partial charge in [0.2, 0.25) is 0 Å². The van der Waals surface area contributed by atoms with Gasteiger partial charge in [-0.2, -0.15) is 0 Å². The number of nitrogens with zero attached hydrogens (tertiary/aromatic N) is 1. The Morgan fingerprint density at radius 1 is 1.30 bits per heavy atom. The molecule has 2 fully saturated rings. The minimum absolute atomic E-state index is 0.468. The van der Waals surface area contributed by atoms with Gasteiger partial charge >= 0.3 is 0 Å². The number of hydrogen-bond donors (Lipinski definition) is 1. The highest BCUT2D eigenvalue weighted by atomic mass is 15.3. The molecule has 2 nitrogen and oxygen atoms in total. The molecule has 3 aliphatic rings. The lowest BCUT2D eigenvalue weighted by Crippen LogP contribution is -2.64. The molecule has 3 rings (SSSR count). The number of nitrogens with one attached hydrogen (secondary N) is 1. The smallest absolute Gasteiger partial charge is 0.0309 e. The molecule has 1 unspecified atom stereocenters. The average Bonchev–Trinajstić information content (AvgIpc) is 3.08. The fraction of sp³-hybridized carbons (Fsp3) is 0.889. The van der Waals surface area contributed by atoms with Gasteiger partial charge in [-0.15, -0.1) is 0 Å².